The van der Waals surface area contributed by atoms with Gasteiger partial charge in [-0.2, -0.15) is 0 Å². The highest BCUT2D eigenvalue weighted by Crippen LogP contribution is 2.23. The average molecular weight is 405 g/mol. The van der Waals surface area contributed by atoms with Crippen molar-refractivity contribution < 1.29 is 14.6 Å². The lowest BCUT2D eigenvalue weighted by molar-refractivity contribution is -0.120. The lowest BCUT2D eigenvalue weighted by Gasteiger charge is -2.30. The maximum Gasteiger partial charge on any atom is 0.241 e. The molecule has 3 rings (SSSR count). The molecule has 1 amide bonds. The Kier molecular flexibility index (Phi) is 7.60. The molecule has 0 spiro atoms. The second-order valence-electron chi connectivity index (χ2n) is 7.19. The van der Waals surface area contributed by atoms with Gasteiger partial charge in [0.25, 0.3) is 0 Å². The van der Waals surface area contributed by atoms with Gasteiger partial charge in [-0.15, -0.1) is 0 Å². The molecular weight excluding hydrogens is 376 g/mol. The number of hydrogen-bond acceptors (Lipinski definition) is 4. The van der Waals surface area contributed by atoms with E-state index in [1.54, 1.807) is 12.0 Å². The highest BCUT2D eigenvalue weighted by molar-refractivity contribution is 5.94. The molecule has 0 saturated carbocycles. The van der Waals surface area contributed by atoms with Crippen molar-refractivity contribution in [2.75, 3.05) is 32.2 Å². The molecule has 0 heterocycles. The van der Waals surface area contributed by atoms with E-state index in [0.29, 0.717) is 6.54 Å². The van der Waals surface area contributed by atoms with E-state index in [1.807, 2.05) is 96.9 Å². The van der Waals surface area contributed by atoms with Gasteiger partial charge in [-0.25, -0.2) is 0 Å². The van der Waals surface area contributed by atoms with Gasteiger partial charge in [0.15, 0.2) is 0 Å². The second-order valence-corrected chi connectivity index (χ2v) is 7.19. The summed E-state index contributed by atoms with van der Waals surface area (Å²) in [7, 11) is 3.48. The molecule has 0 radical (unpaired) electrons. The molecule has 30 heavy (non-hydrogen) atoms. The molecule has 3 aromatic rings. The second kappa shape index (κ2) is 10.6. The van der Waals surface area contributed by atoms with E-state index in [9.17, 15) is 9.90 Å². The van der Waals surface area contributed by atoms with Crippen LogP contribution in [0, 0.1) is 0 Å². The first-order chi connectivity index (χ1) is 14.6. The van der Waals surface area contributed by atoms with E-state index >= 15 is 0 Å². The van der Waals surface area contributed by atoms with Crippen molar-refractivity contribution in [1.29, 1.82) is 0 Å². The maximum atomic E-state index is 13.3. The Labute approximate surface area is 178 Å². The molecule has 0 bridgehead atoms. The van der Waals surface area contributed by atoms with Crippen molar-refractivity contribution in [3.63, 3.8) is 0 Å². The van der Waals surface area contributed by atoms with Gasteiger partial charge in [-0.05, 0) is 42.4 Å². The summed E-state index contributed by atoms with van der Waals surface area (Å²) in [5.41, 5.74) is 2.85. The molecule has 0 fully saturated rings. The number of anilines is 1. The Hall–Kier alpha value is -3.15. The minimum atomic E-state index is -0.283. The fraction of sp³-hybridized carbons (Fsp3) is 0.240. The van der Waals surface area contributed by atoms with Gasteiger partial charge in [0, 0.05) is 5.69 Å². The molecular formula is C25H28N2O3. The fourth-order valence-electron chi connectivity index (χ4n) is 3.43. The van der Waals surface area contributed by atoms with Crippen LogP contribution < -0.4 is 9.64 Å². The molecule has 5 heteroatoms. The zero-order chi connectivity index (χ0) is 21.3. The van der Waals surface area contributed by atoms with Crippen LogP contribution in [0.5, 0.6) is 5.75 Å². The molecule has 3 aromatic carbocycles. The zero-order valence-electron chi connectivity index (χ0n) is 17.4. The van der Waals surface area contributed by atoms with Crippen molar-refractivity contribution in [3.05, 3.63) is 96.1 Å². The normalized spacial score (nSPS) is 11.9. The number of rotatable bonds is 9. The minimum absolute atomic E-state index is 0.0282. The third-order valence-electron chi connectivity index (χ3n) is 5.14. The van der Waals surface area contributed by atoms with Crippen LogP contribution in [0.1, 0.15) is 17.2 Å². The van der Waals surface area contributed by atoms with E-state index in [2.05, 4.69) is 0 Å². The summed E-state index contributed by atoms with van der Waals surface area (Å²) in [4.78, 5) is 17.0. The van der Waals surface area contributed by atoms with Crippen LogP contribution in [0.3, 0.4) is 0 Å². The Balaban J connectivity index is 1.77. The van der Waals surface area contributed by atoms with Gasteiger partial charge in [0.1, 0.15) is 5.75 Å². The third kappa shape index (κ3) is 5.47. The van der Waals surface area contributed by atoms with Crippen molar-refractivity contribution in [3.8, 4) is 5.75 Å². The van der Waals surface area contributed by atoms with E-state index < -0.39 is 0 Å². The van der Waals surface area contributed by atoms with Crippen LogP contribution in [-0.4, -0.2) is 43.2 Å². The highest BCUT2D eigenvalue weighted by atomic mass is 16.5. The number of benzene rings is 3. The molecule has 0 aliphatic carbocycles. The standard InChI is InChI=1S/C25H28N2O3/c1-26(24(19-28)21-13-15-23(30-2)16-14-21)18-25(29)27(22-11-7-4-8-12-22)17-20-9-5-3-6-10-20/h3-16,24,28H,17-19H2,1-2H3. The predicted molar refractivity (Wildman–Crippen MR) is 120 cm³/mol. The number of aliphatic hydroxyl groups excluding tert-OH is 1. The number of hydrogen-bond donors (Lipinski definition) is 1. The first kappa shape index (κ1) is 21.6. The molecule has 156 valence electrons. The van der Waals surface area contributed by atoms with E-state index in [-0.39, 0.29) is 25.1 Å². The van der Waals surface area contributed by atoms with Crippen LogP contribution in [0.15, 0.2) is 84.9 Å². The summed E-state index contributed by atoms with van der Waals surface area (Å²) in [6, 6.07) is 26.9. The van der Waals surface area contributed by atoms with E-state index in [4.69, 9.17) is 4.74 Å². The van der Waals surface area contributed by atoms with E-state index in [1.165, 1.54) is 0 Å². The Morgan fingerprint density at radius 1 is 0.933 bits per heavy atom. The zero-order valence-corrected chi connectivity index (χ0v) is 17.4. The van der Waals surface area contributed by atoms with Crippen LogP contribution in [0.4, 0.5) is 5.69 Å². The number of ether oxygens (including phenoxy) is 1. The number of nitrogens with zero attached hydrogens (tertiary/aromatic N) is 2. The number of likely N-dealkylation sites (N-methyl/N-ethyl adjacent to an activating group) is 1. The van der Waals surface area contributed by atoms with Crippen molar-refractivity contribution >= 4 is 11.6 Å². The van der Waals surface area contributed by atoms with Gasteiger partial charge in [-0.3, -0.25) is 9.69 Å². The largest absolute Gasteiger partial charge is 0.497 e. The summed E-state index contributed by atoms with van der Waals surface area (Å²) >= 11 is 0. The van der Waals surface area contributed by atoms with Crippen LogP contribution in [-0.2, 0) is 11.3 Å². The first-order valence-corrected chi connectivity index (χ1v) is 9.96. The van der Waals surface area contributed by atoms with Gasteiger partial charge >= 0.3 is 0 Å². The molecule has 0 aliphatic rings. The molecule has 0 saturated heterocycles. The molecule has 5 nitrogen and oxygen atoms in total. The van der Waals surface area contributed by atoms with Gasteiger partial charge < -0.3 is 14.7 Å². The van der Waals surface area contributed by atoms with Gasteiger partial charge in [0.2, 0.25) is 5.91 Å². The Morgan fingerprint density at radius 2 is 1.53 bits per heavy atom. The number of para-hydroxylation sites is 1. The Bertz CT molecular complexity index is 914. The minimum Gasteiger partial charge on any atom is -0.497 e. The predicted octanol–water partition coefficient (Wildman–Crippen LogP) is 3.89. The topological polar surface area (TPSA) is 53.0 Å². The van der Waals surface area contributed by atoms with Crippen LogP contribution >= 0.6 is 0 Å². The summed E-state index contributed by atoms with van der Waals surface area (Å²) in [5.74, 6) is 0.729. The summed E-state index contributed by atoms with van der Waals surface area (Å²) in [6.07, 6.45) is 0. The van der Waals surface area contributed by atoms with E-state index in [0.717, 1.165) is 22.6 Å². The first-order valence-electron chi connectivity index (χ1n) is 9.96. The smallest absolute Gasteiger partial charge is 0.241 e. The highest BCUT2D eigenvalue weighted by Gasteiger charge is 2.23. The SMILES string of the molecule is COc1ccc(C(CO)N(C)CC(=O)N(Cc2ccccc2)c2ccccc2)cc1. The summed E-state index contributed by atoms with van der Waals surface area (Å²) < 4.78 is 5.21. The number of methoxy groups -OCH3 is 1. The van der Waals surface area contributed by atoms with Crippen LogP contribution in [0.25, 0.3) is 0 Å². The summed E-state index contributed by atoms with van der Waals surface area (Å²) in [5, 5.41) is 9.98. The lowest BCUT2D eigenvalue weighted by Crippen LogP contribution is -2.40. The summed E-state index contributed by atoms with van der Waals surface area (Å²) in [6.45, 7) is 0.586. The number of carbonyl (C=O) groups excluding carboxylic acids is 1. The Morgan fingerprint density at radius 3 is 2.10 bits per heavy atom. The maximum absolute atomic E-state index is 13.3. The average Bonchev–Trinajstić information content (AvgIpc) is 2.79. The number of aliphatic hydroxyl groups is 1. The molecule has 0 aliphatic heterocycles. The number of carbonyl (C=O) groups is 1. The van der Waals surface area contributed by atoms with Gasteiger partial charge in [-0.1, -0.05) is 60.7 Å². The van der Waals surface area contributed by atoms with Crippen molar-refractivity contribution in [1.82, 2.24) is 4.90 Å². The third-order valence-corrected chi connectivity index (χ3v) is 5.14. The molecule has 1 unspecified atom stereocenters. The van der Waals surface area contributed by atoms with Crippen molar-refractivity contribution in [2.45, 2.75) is 12.6 Å². The van der Waals surface area contributed by atoms with Crippen molar-refractivity contribution in [2.24, 2.45) is 0 Å². The fourth-order valence-corrected chi connectivity index (χ4v) is 3.43. The van der Waals surface area contributed by atoms with Crippen LogP contribution in [0.2, 0.25) is 0 Å². The molecule has 1 atom stereocenters. The molecule has 1 N–H and O–H groups in total. The quantitative estimate of drug-likeness (QED) is 0.588. The lowest BCUT2D eigenvalue weighted by atomic mass is 10.1. The number of amides is 1. The van der Waals surface area contributed by atoms with Gasteiger partial charge in [0.05, 0.1) is 32.8 Å². The monoisotopic (exact) mass is 404 g/mol. The molecule has 0 aromatic heterocycles.